The van der Waals surface area contributed by atoms with Crippen LogP contribution in [0.2, 0.25) is 0 Å². The Morgan fingerprint density at radius 2 is 0.569 bits per heavy atom. The largest absolute Gasteiger partial charge is 0.311 e. The molecule has 3 heteroatoms. The lowest BCUT2D eigenvalue weighted by molar-refractivity contribution is 1.28. The van der Waals surface area contributed by atoms with Crippen LogP contribution in [-0.2, 0) is 0 Å². The summed E-state index contributed by atoms with van der Waals surface area (Å²) >= 11 is 0. The number of nitriles is 1. The van der Waals surface area contributed by atoms with E-state index in [-0.39, 0.29) is 0 Å². The first kappa shape index (κ1) is 37.0. The van der Waals surface area contributed by atoms with Crippen LogP contribution in [0.1, 0.15) is 33.4 Å². The van der Waals surface area contributed by atoms with Crippen LogP contribution in [-0.4, -0.2) is 0 Å². The van der Waals surface area contributed by atoms with Gasteiger partial charge in [0.15, 0.2) is 0 Å². The Hall–Kier alpha value is -7.93. The summed E-state index contributed by atoms with van der Waals surface area (Å²) in [6, 6.07) is 77.7. The maximum absolute atomic E-state index is 10.1. The number of anilines is 6. The average Bonchev–Trinajstić information content (AvgIpc) is 3.30. The zero-order valence-electron chi connectivity index (χ0n) is 32.0. The van der Waals surface area contributed by atoms with Crippen molar-refractivity contribution in [2.24, 2.45) is 0 Å². The summed E-state index contributed by atoms with van der Waals surface area (Å²) in [5.41, 5.74) is 13.5. The fourth-order valence-corrected chi connectivity index (χ4v) is 6.88. The van der Waals surface area contributed by atoms with Gasteiger partial charge in [0.05, 0.1) is 11.6 Å². The second-order valence-electron chi connectivity index (χ2n) is 13.8. The smallest absolute Gasteiger partial charge is 0.0998 e. The molecule has 0 aliphatic heterocycles. The molecule has 0 spiro atoms. The molecule has 0 aromatic heterocycles. The molecule has 0 fully saturated rings. The molecule has 58 heavy (non-hydrogen) atoms. The molecule has 0 saturated heterocycles. The molecular weight excluding hydrogens is 703 g/mol. The van der Waals surface area contributed by atoms with Crippen molar-refractivity contribution in [2.75, 3.05) is 9.80 Å². The fraction of sp³-hybridized carbons (Fsp3) is 0. The highest BCUT2D eigenvalue weighted by atomic mass is 15.1. The summed E-state index contributed by atoms with van der Waals surface area (Å²) in [7, 11) is 0. The Kier molecular flexibility index (Phi) is 11.6. The normalized spacial score (nSPS) is 11.4. The topological polar surface area (TPSA) is 30.3 Å². The summed E-state index contributed by atoms with van der Waals surface area (Å²) in [6.07, 6.45) is 10.4. The van der Waals surface area contributed by atoms with E-state index in [0.29, 0.717) is 5.57 Å². The van der Waals surface area contributed by atoms with E-state index in [9.17, 15) is 5.26 Å². The predicted molar refractivity (Wildman–Crippen MR) is 246 cm³/mol. The van der Waals surface area contributed by atoms with Crippen LogP contribution < -0.4 is 9.80 Å². The van der Waals surface area contributed by atoms with Gasteiger partial charge in [-0.2, -0.15) is 5.26 Å². The Morgan fingerprint density at radius 3 is 0.879 bits per heavy atom. The number of nitrogens with zero attached hydrogens (tertiary/aromatic N) is 3. The van der Waals surface area contributed by atoms with Crippen LogP contribution in [0.4, 0.5) is 34.1 Å². The summed E-state index contributed by atoms with van der Waals surface area (Å²) in [5, 5.41) is 10.1. The van der Waals surface area contributed by atoms with Crippen LogP contribution in [0.5, 0.6) is 0 Å². The number of rotatable bonds is 12. The van der Waals surface area contributed by atoms with Gasteiger partial charge in [0, 0.05) is 34.1 Å². The zero-order valence-corrected chi connectivity index (χ0v) is 32.0. The molecule has 0 radical (unpaired) electrons. The highest BCUT2D eigenvalue weighted by Gasteiger charge is 2.13. The summed E-state index contributed by atoms with van der Waals surface area (Å²) in [5.74, 6) is 0. The molecule has 0 amide bonds. The van der Waals surface area contributed by atoms with E-state index in [0.717, 1.165) is 67.5 Å². The van der Waals surface area contributed by atoms with E-state index in [4.69, 9.17) is 0 Å². The van der Waals surface area contributed by atoms with Gasteiger partial charge < -0.3 is 9.80 Å². The minimum atomic E-state index is 0.621. The second kappa shape index (κ2) is 18.1. The van der Waals surface area contributed by atoms with Crippen molar-refractivity contribution in [3.63, 3.8) is 0 Å². The highest BCUT2D eigenvalue weighted by Crippen LogP contribution is 2.36. The molecule has 0 N–H and O–H groups in total. The fourth-order valence-electron chi connectivity index (χ4n) is 6.88. The molecule has 8 aromatic carbocycles. The quantitative estimate of drug-likeness (QED) is 0.0922. The first-order chi connectivity index (χ1) is 28.7. The number of benzene rings is 8. The van der Waals surface area contributed by atoms with Crippen LogP contribution in [0, 0.1) is 11.3 Å². The molecule has 0 atom stereocenters. The average molecular weight is 744 g/mol. The van der Waals surface area contributed by atoms with Crippen molar-refractivity contribution < 1.29 is 0 Å². The first-order valence-electron chi connectivity index (χ1n) is 19.4. The van der Waals surface area contributed by atoms with Gasteiger partial charge in [0.2, 0.25) is 0 Å². The minimum absolute atomic E-state index is 0.621. The van der Waals surface area contributed by atoms with E-state index in [2.05, 4.69) is 222 Å². The van der Waals surface area contributed by atoms with E-state index in [1.54, 1.807) is 0 Å². The Bertz CT molecular complexity index is 2580. The molecule has 0 aliphatic carbocycles. The number of allylic oxidation sites excluding steroid dienone is 1. The van der Waals surface area contributed by atoms with Crippen LogP contribution in [0.15, 0.2) is 218 Å². The van der Waals surface area contributed by atoms with Crippen LogP contribution in [0.3, 0.4) is 0 Å². The predicted octanol–water partition coefficient (Wildman–Crippen LogP) is 15.0. The molecule has 276 valence electrons. The maximum atomic E-state index is 10.1. The van der Waals surface area contributed by atoms with Crippen molar-refractivity contribution in [1.82, 2.24) is 0 Å². The second-order valence-corrected chi connectivity index (χ2v) is 13.8. The molecule has 0 heterocycles. The third kappa shape index (κ3) is 9.12. The third-order valence-corrected chi connectivity index (χ3v) is 9.89. The van der Waals surface area contributed by atoms with E-state index in [1.807, 2.05) is 42.5 Å². The Labute approximate surface area is 341 Å². The van der Waals surface area contributed by atoms with Crippen LogP contribution >= 0.6 is 0 Å². The maximum Gasteiger partial charge on any atom is 0.0998 e. The van der Waals surface area contributed by atoms with Gasteiger partial charge in [-0.3, -0.25) is 0 Å². The number of hydrogen-bond donors (Lipinski definition) is 0. The lowest BCUT2D eigenvalue weighted by Crippen LogP contribution is -2.09. The van der Waals surface area contributed by atoms with Gasteiger partial charge in [-0.15, -0.1) is 0 Å². The molecule has 8 rings (SSSR count). The standard InChI is InChI=1S/C55H41N3/c56-42-49(48-35-29-44(30-36-48)22-24-46-33-39-55(40-34-46)58(52-17-9-3-10-18-52)53-19-11-4-12-20-53)41-47-27-25-43(26-28-47)21-23-45-31-37-54(38-32-45)57(50-13-5-1-6-14-50)51-15-7-2-8-16-51/h1-41H/b23-21+,24-22+,49-41-. The van der Waals surface area contributed by atoms with Gasteiger partial charge >= 0.3 is 0 Å². The minimum Gasteiger partial charge on any atom is -0.311 e. The summed E-state index contributed by atoms with van der Waals surface area (Å²) in [4.78, 5) is 4.51. The van der Waals surface area contributed by atoms with Crippen molar-refractivity contribution in [3.05, 3.63) is 252 Å². The Balaban J connectivity index is 0.904. The van der Waals surface area contributed by atoms with Crippen molar-refractivity contribution in [2.45, 2.75) is 0 Å². The van der Waals surface area contributed by atoms with Gasteiger partial charge in [0.1, 0.15) is 0 Å². The molecule has 0 bridgehead atoms. The van der Waals surface area contributed by atoms with Gasteiger partial charge in [0.25, 0.3) is 0 Å². The molecular formula is C55H41N3. The van der Waals surface area contributed by atoms with Crippen molar-refractivity contribution in [1.29, 1.82) is 5.26 Å². The van der Waals surface area contributed by atoms with Gasteiger partial charge in [-0.25, -0.2) is 0 Å². The van der Waals surface area contributed by atoms with Crippen molar-refractivity contribution >= 4 is 70.1 Å². The monoisotopic (exact) mass is 743 g/mol. The lowest BCUT2D eigenvalue weighted by atomic mass is 10.0. The van der Waals surface area contributed by atoms with E-state index >= 15 is 0 Å². The van der Waals surface area contributed by atoms with Gasteiger partial charge in [-0.1, -0.05) is 170 Å². The summed E-state index contributed by atoms with van der Waals surface area (Å²) in [6.45, 7) is 0. The number of hydrogen-bond acceptors (Lipinski definition) is 3. The van der Waals surface area contributed by atoms with E-state index < -0.39 is 0 Å². The third-order valence-electron chi connectivity index (χ3n) is 9.89. The van der Waals surface area contributed by atoms with Crippen LogP contribution in [0.25, 0.3) is 36.0 Å². The lowest BCUT2D eigenvalue weighted by Gasteiger charge is -2.25. The zero-order chi connectivity index (χ0) is 39.4. The molecule has 0 aliphatic rings. The molecule has 0 unspecified atom stereocenters. The van der Waals surface area contributed by atoms with Gasteiger partial charge in [-0.05, 0) is 112 Å². The summed E-state index contributed by atoms with van der Waals surface area (Å²) < 4.78 is 0. The first-order valence-corrected chi connectivity index (χ1v) is 19.4. The highest BCUT2D eigenvalue weighted by molar-refractivity contribution is 5.90. The SMILES string of the molecule is N#C/C(=C/c1ccc(/C=C/c2ccc(N(c3ccccc3)c3ccccc3)cc2)cc1)c1ccc(/C=C/c2ccc(N(c3ccccc3)c3ccccc3)cc2)cc1. The molecule has 3 nitrogen and oxygen atoms in total. The molecule has 0 saturated carbocycles. The molecule has 8 aromatic rings. The van der Waals surface area contributed by atoms with Crippen molar-refractivity contribution in [3.8, 4) is 6.07 Å². The van der Waals surface area contributed by atoms with E-state index in [1.165, 1.54) is 0 Å². The Morgan fingerprint density at radius 1 is 0.310 bits per heavy atom. The number of para-hydroxylation sites is 4.